The molecule has 32 heavy (non-hydrogen) atoms. The van der Waals surface area contributed by atoms with Crippen LogP contribution in [-0.4, -0.2) is 40.0 Å². The number of aromatic nitrogens is 3. The number of pyridine rings is 1. The third kappa shape index (κ3) is 4.56. The van der Waals surface area contributed by atoms with Crippen molar-refractivity contribution in [2.24, 2.45) is 0 Å². The smallest absolute Gasteiger partial charge is 0.387 e. The first-order chi connectivity index (χ1) is 15.4. The third-order valence-electron chi connectivity index (χ3n) is 4.64. The Labute approximate surface area is 190 Å². The van der Waals surface area contributed by atoms with E-state index in [-0.39, 0.29) is 22.4 Å². The van der Waals surface area contributed by atoms with Crippen LogP contribution in [0.3, 0.4) is 0 Å². The Morgan fingerprint density at radius 2 is 2.03 bits per heavy atom. The van der Waals surface area contributed by atoms with Gasteiger partial charge in [0.15, 0.2) is 10.8 Å². The lowest BCUT2D eigenvalue weighted by Gasteiger charge is -2.10. The largest absolute Gasteiger partial charge is 0.497 e. The van der Waals surface area contributed by atoms with Gasteiger partial charge in [-0.1, -0.05) is 23.4 Å². The number of anilines is 1. The zero-order chi connectivity index (χ0) is 22.8. The van der Waals surface area contributed by atoms with E-state index < -0.39 is 6.61 Å². The Balaban J connectivity index is 1.52. The number of ether oxygens (including phenoxy) is 2. The molecule has 4 aromatic rings. The number of aryl methyl sites for hydroxylation is 1. The van der Waals surface area contributed by atoms with Crippen LogP contribution < -0.4 is 14.8 Å². The molecule has 0 spiro atoms. The van der Waals surface area contributed by atoms with Gasteiger partial charge in [0.2, 0.25) is 5.91 Å². The fourth-order valence-corrected chi connectivity index (χ4v) is 4.20. The van der Waals surface area contributed by atoms with Crippen molar-refractivity contribution in [2.75, 3.05) is 18.2 Å². The van der Waals surface area contributed by atoms with Crippen molar-refractivity contribution in [2.45, 2.75) is 18.7 Å². The molecular weight excluding hydrogens is 462 g/mol. The number of amides is 1. The number of hydrogen-bond donors (Lipinski definition) is 1. The van der Waals surface area contributed by atoms with Crippen molar-refractivity contribution >= 4 is 51.5 Å². The van der Waals surface area contributed by atoms with Crippen molar-refractivity contribution in [1.82, 2.24) is 14.6 Å². The van der Waals surface area contributed by atoms with Crippen molar-refractivity contribution in [3.05, 3.63) is 53.1 Å². The molecule has 2 aromatic heterocycles. The molecule has 0 saturated carbocycles. The number of methoxy groups -OCH3 is 1. The second-order valence-electron chi connectivity index (χ2n) is 6.75. The van der Waals surface area contributed by atoms with Crippen LogP contribution >= 0.6 is 23.4 Å². The quantitative estimate of drug-likeness (QED) is 0.368. The predicted molar refractivity (Wildman–Crippen MR) is 119 cm³/mol. The first kappa shape index (κ1) is 22.1. The highest BCUT2D eigenvalue weighted by molar-refractivity contribution is 7.99. The standard InChI is InChI=1S/C21H17ClF2N4O3S/c1-11-7-18-26-27-21(28(18)16-9-13(30-2)4-5-14(11)16)32-10-19(29)25-12-3-6-17(15(22)8-12)31-20(23)24/h3-9,20H,10H2,1-2H3,(H,25,29). The van der Waals surface area contributed by atoms with Gasteiger partial charge in [0.1, 0.15) is 11.5 Å². The molecule has 2 aromatic carbocycles. The van der Waals surface area contributed by atoms with Crippen LogP contribution in [0.5, 0.6) is 11.5 Å². The molecule has 7 nitrogen and oxygen atoms in total. The van der Waals surface area contributed by atoms with Gasteiger partial charge in [0.05, 0.1) is 23.4 Å². The molecular formula is C21H17ClF2N4O3S. The van der Waals surface area contributed by atoms with Crippen LogP contribution in [0.1, 0.15) is 5.56 Å². The second-order valence-corrected chi connectivity index (χ2v) is 8.10. The summed E-state index contributed by atoms with van der Waals surface area (Å²) in [6.07, 6.45) is 0. The topological polar surface area (TPSA) is 77.8 Å². The average molecular weight is 479 g/mol. The van der Waals surface area contributed by atoms with Crippen LogP contribution in [0.25, 0.3) is 16.6 Å². The molecule has 0 aliphatic carbocycles. The summed E-state index contributed by atoms with van der Waals surface area (Å²) in [7, 11) is 1.60. The van der Waals surface area contributed by atoms with Crippen molar-refractivity contribution in [1.29, 1.82) is 0 Å². The van der Waals surface area contributed by atoms with Crippen LogP contribution in [0.2, 0.25) is 5.02 Å². The summed E-state index contributed by atoms with van der Waals surface area (Å²) in [5.41, 5.74) is 2.94. The van der Waals surface area contributed by atoms with E-state index in [0.717, 1.165) is 16.5 Å². The van der Waals surface area contributed by atoms with E-state index in [1.54, 1.807) is 7.11 Å². The summed E-state index contributed by atoms with van der Waals surface area (Å²) >= 11 is 7.14. The van der Waals surface area contributed by atoms with Gasteiger partial charge in [-0.2, -0.15) is 8.78 Å². The van der Waals surface area contributed by atoms with E-state index in [2.05, 4.69) is 20.3 Å². The minimum Gasteiger partial charge on any atom is -0.497 e. The number of carbonyl (C=O) groups excluding carboxylic acids is 1. The molecule has 0 unspecified atom stereocenters. The van der Waals surface area contributed by atoms with E-state index in [9.17, 15) is 13.6 Å². The second kappa shape index (κ2) is 9.17. The molecule has 0 radical (unpaired) electrons. The molecule has 0 bridgehead atoms. The van der Waals surface area contributed by atoms with E-state index >= 15 is 0 Å². The summed E-state index contributed by atoms with van der Waals surface area (Å²) < 4.78 is 36.2. The molecule has 4 rings (SSSR count). The molecule has 1 N–H and O–H groups in total. The van der Waals surface area contributed by atoms with Gasteiger partial charge in [0.25, 0.3) is 0 Å². The summed E-state index contributed by atoms with van der Waals surface area (Å²) in [5, 5.41) is 12.6. The van der Waals surface area contributed by atoms with E-state index in [0.29, 0.717) is 22.2 Å². The monoisotopic (exact) mass is 478 g/mol. The number of benzene rings is 2. The fraction of sp³-hybridized carbons (Fsp3) is 0.190. The zero-order valence-corrected chi connectivity index (χ0v) is 18.5. The number of carbonyl (C=O) groups is 1. The number of fused-ring (bicyclic) bond motifs is 3. The number of rotatable bonds is 7. The Kier molecular flexibility index (Phi) is 6.33. The SMILES string of the molecule is COc1ccc2c(C)cc3nnc(SCC(=O)Nc4ccc(OC(F)F)c(Cl)c4)n3c2c1. The first-order valence-electron chi connectivity index (χ1n) is 9.35. The van der Waals surface area contributed by atoms with Crippen molar-refractivity contribution in [3.63, 3.8) is 0 Å². The number of nitrogens with zero attached hydrogens (tertiary/aromatic N) is 3. The lowest BCUT2D eigenvalue weighted by atomic mass is 10.1. The lowest BCUT2D eigenvalue weighted by molar-refractivity contribution is -0.113. The van der Waals surface area contributed by atoms with Crippen molar-refractivity contribution < 1.29 is 23.0 Å². The highest BCUT2D eigenvalue weighted by Gasteiger charge is 2.15. The van der Waals surface area contributed by atoms with E-state index in [1.165, 1.54) is 30.0 Å². The van der Waals surface area contributed by atoms with Crippen LogP contribution in [-0.2, 0) is 4.79 Å². The van der Waals surface area contributed by atoms with E-state index in [1.807, 2.05) is 35.6 Å². The van der Waals surface area contributed by atoms with Crippen LogP contribution in [0, 0.1) is 6.92 Å². The summed E-state index contributed by atoms with van der Waals surface area (Å²) in [4.78, 5) is 12.4. The summed E-state index contributed by atoms with van der Waals surface area (Å²) in [6.45, 7) is -0.992. The predicted octanol–water partition coefficient (Wildman–Crippen LogP) is 5.19. The van der Waals surface area contributed by atoms with Crippen LogP contribution in [0.4, 0.5) is 14.5 Å². The Morgan fingerprint density at radius 3 is 2.75 bits per heavy atom. The highest BCUT2D eigenvalue weighted by atomic mass is 35.5. The molecule has 0 aliphatic heterocycles. The molecule has 0 fully saturated rings. The number of halogens is 3. The average Bonchev–Trinajstić information content (AvgIpc) is 3.16. The van der Waals surface area contributed by atoms with Gasteiger partial charge in [-0.3, -0.25) is 9.20 Å². The lowest BCUT2D eigenvalue weighted by Crippen LogP contribution is -2.14. The summed E-state index contributed by atoms with van der Waals surface area (Å²) in [6, 6.07) is 11.7. The maximum atomic E-state index is 12.4. The Hall–Kier alpha value is -3.11. The Morgan fingerprint density at radius 1 is 1.22 bits per heavy atom. The van der Waals surface area contributed by atoms with Gasteiger partial charge in [0, 0.05) is 17.1 Å². The normalized spacial score (nSPS) is 11.3. The minimum absolute atomic E-state index is 0.0324. The molecule has 11 heteroatoms. The molecule has 0 saturated heterocycles. The van der Waals surface area contributed by atoms with Gasteiger partial charge < -0.3 is 14.8 Å². The highest BCUT2D eigenvalue weighted by Crippen LogP contribution is 2.30. The first-order valence-corrected chi connectivity index (χ1v) is 10.7. The van der Waals surface area contributed by atoms with Gasteiger partial charge >= 0.3 is 6.61 Å². The van der Waals surface area contributed by atoms with Gasteiger partial charge in [-0.25, -0.2) is 0 Å². The minimum atomic E-state index is -2.98. The van der Waals surface area contributed by atoms with Gasteiger partial charge in [-0.15, -0.1) is 10.2 Å². The maximum Gasteiger partial charge on any atom is 0.387 e. The fourth-order valence-electron chi connectivity index (χ4n) is 3.22. The molecule has 0 atom stereocenters. The zero-order valence-electron chi connectivity index (χ0n) is 16.9. The number of nitrogens with one attached hydrogen (secondary N) is 1. The van der Waals surface area contributed by atoms with Crippen LogP contribution in [0.15, 0.2) is 47.6 Å². The Bertz CT molecular complexity index is 1320. The number of hydrogen-bond acceptors (Lipinski definition) is 6. The molecule has 166 valence electrons. The van der Waals surface area contributed by atoms with Gasteiger partial charge in [-0.05, 0) is 48.9 Å². The number of thioether (sulfide) groups is 1. The maximum absolute atomic E-state index is 12.4. The summed E-state index contributed by atoms with van der Waals surface area (Å²) in [5.74, 6) is 0.261. The van der Waals surface area contributed by atoms with E-state index in [4.69, 9.17) is 16.3 Å². The molecule has 2 heterocycles. The third-order valence-corrected chi connectivity index (χ3v) is 5.86. The molecule has 0 aliphatic rings. The number of alkyl halides is 2. The molecule has 1 amide bonds. The van der Waals surface area contributed by atoms with Crippen molar-refractivity contribution in [3.8, 4) is 11.5 Å².